The number of nitrogens with zero attached hydrogens (tertiary/aromatic N) is 1. The molecule has 1 fully saturated rings. The van der Waals surface area contributed by atoms with Crippen LogP contribution in [0.3, 0.4) is 0 Å². The number of rotatable bonds is 9. The molecule has 0 aromatic heterocycles. The van der Waals surface area contributed by atoms with Crippen molar-refractivity contribution in [3.8, 4) is 5.75 Å². The van der Waals surface area contributed by atoms with Gasteiger partial charge in [-0.25, -0.2) is 13.1 Å². The SMILES string of the molecule is CCS(=O)(=O)NC1CCN(Cc2ccccc2)CC1COc1ccc(C(C)C)cc1. The summed E-state index contributed by atoms with van der Waals surface area (Å²) in [4.78, 5) is 2.39. The van der Waals surface area contributed by atoms with E-state index in [0.29, 0.717) is 12.5 Å². The van der Waals surface area contributed by atoms with Crippen molar-refractivity contribution in [2.45, 2.75) is 45.7 Å². The number of hydrogen-bond acceptors (Lipinski definition) is 4. The van der Waals surface area contributed by atoms with Gasteiger partial charge in [-0.05, 0) is 42.5 Å². The Balaban J connectivity index is 1.66. The molecular weight excluding hydrogens is 396 g/mol. The minimum Gasteiger partial charge on any atom is -0.493 e. The molecule has 5 nitrogen and oxygen atoms in total. The van der Waals surface area contributed by atoms with Gasteiger partial charge in [0.2, 0.25) is 10.0 Å². The van der Waals surface area contributed by atoms with E-state index in [1.807, 2.05) is 18.2 Å². The molecule has 0 amide bonds. The standard InChI is InChI=1S/C24H34N2O3S/c1-4-30(27,28)25-24-14-15-26(16-20-8-6-5-7-9-20)17-22(24)18-29-23-12-10-21(11-13-23)19(2)3/h5-13,19,22,24-25H,4,14-18H2,1-3H3. The van der Waals surface area contributed by atoms with Gasteiger partial charge in [0, 0.05) is 31.6 Å². The molecular formula is C24H34N2O3S. The molecule has 0 bridgehead atoms. The van der Waals surface area contributed by atoms with Crippen molar-refractivity contribution >= 4 is 10.0 Å². The lowest BCUT2D eigenvalue weighted by atomic mass is 9.93. The summed E-state index contributed by atoms with van der Waals surface area (Å²) in [5.41, 5.74) is 2.55. The van der Waals surface area contributed by atoms with Gasteiger partial charge >= 0.3 is 0 Å². The van der Waals surface area contributed by atoms with E-state index >= 15 is 0 Å². The Hall–Kier alpha value is -1.89. The number of ether oxygens (including phenoxy) is 1. The zero-order valence-corrected chi connectivity index (χ0v) is 19.1. The second-order valence-electron chi connectivity index (χ2n) is 8.43. The van der Waals surface area contributed by atoms with Gasteiger partial charge in [-0.2, -0.15) is 0 Å². The molecule has 1 aliphatic heterocycles. The highest BCUT2D eigenvalue weighted by Gasteiger charge is 2.32. The molecule has 0 aliphatic carbocycles. The fourth-order valence-electron chi connectivity index (χ4n) is 3.88. The Morgan fingerprint density at radius 2 is 1.80 bits per heavy atom. The topological polar surface area (TPSA) is 58.6 Å². The number of sulfonamides is 1. The first kappa shape index (κ1) is 22.8. The molecule has 2 aromatic rings. The molecule has 6 heteroatoms. The van der Waals surface area contributed by atoms with Gasteiger partial charge in [0.1, 0.15) is 5.75 Å². The number of piperidine rings is 1. The second-order valence-corrected chi connectivity index (χ2v) is 10.5. The highest BCUT2D eigenvalue weighted by molar-refractivity contribution is 7.89. The highest BCUT2D eigenvalue weighted by Crippen LogP contribution is 2.23. The van der Waals surface area contributed by atoms with Crippen molar-refractivity contribution in [1.82, 2.24) is 9.62 Å². The van der Waals surface area contributed by atoms with Crippen LogP contribution < -0.4 is 9.46 Å². The molecule has 1 N–H and O–H groups in total. The summed E-state index contributed by atoms with van der Waals surface area (Å²) >= 11 is 0. The van der Waals surface area contributed by atoms with Crippen LogP contribution in [0.25, 0.3) is 0 Å². The van der Waals surface area contributed by atoms with Crippen molar-refractivity contribution in [2.75, 3.05) is 25.4 Å². The fraction of sp³-hybridized carbons (Fsp3) is 0.500. The third-order valence-electron chi connectivity index (χ3n) is 5.79. The zero-order valence-electron chi connectivity index (χ0n) is 18.3. The fourth-order valence-corrected chi connectivity index (χ4v) is 4.82. The minimum absolute atomic E-state index is 0.0913. The summed E-state index contributed by atoms with van der Waals surface area (Å²) in [5.74, 6) is 1.50. The first-order valence-corrected chi connectivity index (χ1v) is 12.5. The minimum atomic E-state index is -3.25. The molecule has 1 saturated heterocycles. The van der Waals surface area contributed by atoms with Crippen molar-refractivity contribution in [3.63, 3.8) is 0 Å². The maximum Gasteiger partial charge on any atom is 0.211 e. The molecule has 2 unspecified atom stereocenters. The van der Waals surface area contributed by atoms with Crippen molar-refractivity contribution < 1.29 is 13.2 Å². The molecule has 2 atom stereocenters. The van der Waals surface area contributed by atoms with Gasteiger partial charge < -0.3 is 4.74 Å². The molecule has 0 radical (unpaired) electrons. The van der Waals surface area contributed by atoms with Crippen molar-refractivity contribution in [2.24, 2.45) is 5.92 Å². The average molecular weight is 431 g/mol. The molecule has 1 heterocycles. The molecule has 0 spiro atoms. The predicted molar refractivity (Wildman–Crippen MR) is 122 cm³/mol. The second kappa shape index (κ2) is 10.4. The van der Waals surface area contributed by atoms with Crippen LogP contribution in [0.2, 0.25) is 0 Å². The smallest absolute Gasteiger partial charge is 0.211 e. The van der Waals surface area contributed by atoms with Crippen LogP contribution in [-0.4, -0.2) is 44.8 Å². The van der Waals surface area contributed by atoms with E-state index in [2.05, 4.69) is 59.9 Å². The normalized spacial score (nSPS) is 20.4. The number of hydrogen-bond donors (Lipinski definition) is 1. The average Bonchev–Trinajstić information content (AvgIpc) is 2.74. The van der Waals surface area contributed by atoms with Crippen LogP contribution in [-0.2, 0) is 16.6 Å². The lowest BCUT2D eigenvalue weighted by molar-refractivity contribution is 0.102. The van der Waals surface area contributed by atoms with E-state index in [0.717, 1.165) is 31.8 Å². The highest BCUT2D eigenvalue weighted by atomic mass is 32.2. The van der Waals surface area contributed by atoms with Gasteiger partial charge in [-0.1, -0.05) is 56.3 Å². The van der Waals surface area contributed by atoms with Crippen LogP contribution in [0.1, 0.15) is 44.2 Å². The summed E-state index contributed by atoms with van der Waals surface area (Å²) < 4.78 is 33.4. The summed E-state index contributed by atoms with van der Waals surface area (Å²) in [5, 5.41) is 0. The molecule has 30 heavy (non-hydrogen) atoms. The number of benzene rings is 2. The Morgan fingerprint density at radius 3 is 2.43 bits per heavy atom. The van der Waals surface area contributed by atoms with E-state index < -0.39 is 10.0 Å². The van der Waals surface area contributed by atoms with Gasteiger partial charge in [-0.15, -0.1) is 0 Å². The van der Waals surface area contributed by atoms with Crippen LogP contribution >= 0.6 is 0 Å². The maximum absolute atomic E-state index is 12.2. The third-order valence-corrected chi connectivity index (χ3v) is 7.21. The molecule has 0 saturated carbocycles. The van der Waals surface area contributed by atoms with E-state index in [4.69, 9.17) is 4.74 Å². The first-order chi connectivity index (χ1) is 14.4. The summed E-state index contributed by atoms with van der Waals surface area (Å²) in [6.45, 7) is 9.04. The largest absolute Gasteiger partial charge is 0.493 e. The Labute approximate surface area is 181 Å². The molecule has 164 valence electrons. The summed E-state index contributed by atoms with van der Waals surface area (Å²) in [6.07, 6.45) is 0.784. The van der Waals surface area contributed by atoms with Crippen LogP contribution in [0.15, 0.2) is 54.6 Å². The van der Waals surface area contributed by atoms with Crippen LogP contribution in [0, 0.1) is 5.92 Å². The quantitative estimate of drug-likeness (QED) is 0.653. The first-order valence-electron chi connectivity index (χ1n) is 10.9. The van der Waals surface area contributed by atoms with Crippen LogP contribution in [0.4, 0.5) is 0 Å². The predicted octanol–water partition coefficient (Wildman–Crippen LogP) is 4.02. The van der Waals surface area contributed by atoms with Gasteiger partial charge in [0.25, 0.3) is 0 Å². The van der Waals surface area contributed by atoms with E-state index in [1.165, 1.54) is 11.1 Å². The van der Waals surface area contributed by atoms with E-state index in [9.17, 15) is 8.42 Å². The summed E-state index contributed by atoms with van der Waals surface area (Å²) in [6, 6.07) is 18.5. The van der Waals surface area contributed by atoms with Crippen molar-refractivity contribution in [3.05, 3.63) is 65.7 Å². The van der Waals surface area contributed by atoms with Crippen LogP contribution in [0.5, 0.6) is 5.75 Å². The van der Waals surface area contributed by atoms with E-state index in [1.54, 1.807) is 6.92 Å². The third kappa shape index (κ3) is 6.56. The lowest BCUT2D eigenvalue weighted by Gasteiger charge is -2.38. The number of likely N-dealkylation sites (tertiary alicyclic amines) is 1. The Bertz CT molecular complexity index is 882. The Morgan fingerprint density at radius 1 is 1.10 bits per heavy atom. The molecule has 2 aromatic carbocycles. The van der Waals surface area contributed by atoms with Gasteiger partial charge in [0.05, 0.1) is 12.4 Å². The maximum atomic E-state index is 12.2. The van der Waals surface area contributed by atoms with Gasteiger partial charge in [0.15, 0.2) is 0 Å². The van der Waals surface area contributed by atoms with Gasteiger partial charge in [-0.3, -0.25) is 4.90 Å². The Kier molecular flexibility index (Phi) is 7.92. The molecule has 3 rings (SSSR count). The molecule has 1 aliphatic rings. The van der Waals surface area contributed by atoms with Crippen molar-refractivity contribution in [1.29, 1.82) is 0 Å². The zero-order chi connectivity index (χ0) is 21.6. The number of nitrogens with one attached hydrogen (secondary N) is 1. The lowest BCUT2D eigenvalue weighted by Crippen LogP contribution is -2.52. The monoisotopic (exact) mass is 430 g/mol. The summed E-state index contributed by atoms with van der Waals surface area (Å²) in [7, 11) is -3.25. The van der Waals surface area contributed by atoms with E-state index in [-0.39, 0.29) is 17.7 Å².